The summed E-state index contributed by atoms with van der Waals surface area (Å²) in [5.41, 5.74) is 0.245. The van der Waals surface area contributed by atoms with E-state index in [4.69, 9.17) is 9.47 Å². The zero-order chi connectivity index (χ0) is 30.9. The van der Waals surface area contributed by atoms with Crippen molar-refractivity contribution in [2.45, 2.75) is 78.4 Å². The standard InChI is InChI=1S/C26H29N3O11S2/c1-25(2)17(23(35)39-11-40-24(36)18-26(3,4)42(37,38)14-10-13(30)28(14)18)29-20(32)16(21(29)41-25)27-19(31)15(22(33)34)12-8-6-5-7-9-12/h5-9,14-18,21H,10-11H2,1-4H3,(H,27,31)(H,33,34)/t14-,15?,16-,17+,18+,21-/m1/s1. The fourth-order valence-electron chi connectivity index (χ4n) is 5.93. The number of nitrogens with one attached hydrogen (secondary N) is 1. The average molecular weight is 624 g/mol. The van der Waals surface area contributed by atoms with Crippen LogP contribution in [0.2, 0.25) is 0 Å². The molecule has 14 nitrogen and oxygen atoms in total. The Bertz CT molecular complexity index is 1490. The lowest BCUT2D eigenvalue weighted by molar-refractivity contribution is -0.181. The third kappa shape index (κ3) is 4.33. The van der Waals surface area contributed by atoms with Gasteiger partial charge in [0.1, 0.15) is 28.9 Å². The summed E-state index contributed by atoms with van der Waals surface area (Å²) < 4.78 is 33.2. The molecule has 2 N–H and O–H groups in total. The molecule has 42 heavy (non-hydrogen) atoms. The molecule has 4 fully saturated rings. The van der Waals surface area contributed by atoms with Crippen LogP contribution in [0.4, 0.5) is 0 Å². The Hall–Kier alpha value is -3.66. The van der Waals surface area contributed by atoms with Crippen molar-refractivity contribution in [3.05, 3.63) is 35.9 Å². The van der Waals surface area contributed by atoms with Gasteiger partial charge in [-0.2, -0.15) is 0 Å². The van der Waals surface area contributed by atoms with E-state index in [9.17, 15) is 42.3 Å². The molecule has 5 rings (SSSR count). The van der Waals surface area contributed by atoms with Crippen LogP contribution in [0.5, 0.6) is 0 Å². The van der Waals surface area contributed by atoms with Gasteiger partial charge in [0.05, 0.1) is 11.2 Å². The number of benzene rings is 1. The molecular weight excluding hydrogens is 594 g/mol. The number of nitrogens with zero attached hydrogens (tertiary/aromatic N) is 2. The quantitative estimate of drug-likeness (QED) is 0.165. The minimum absolute atomic E-state index is 0.214. The topological polar surface area (TPSA) is 194 Å². The highest BCUT2D eigenvalue weighted by atomic mass is 32.2. The van der Waals surface area contributed by atoms with E-state index in [0.29, 0.717) is 0 Å². The predicted octanol–water partition coefficient (Wildman–Crippen LogP) is -0.420. The van der Waals surface area contributed by atoms with Crippen molar-refractivity contribution in [3.63, 3.8) is 0 Å². The summed E-state index contributed by atoms with van der Waals surface area (Å²) in [6, 6.07) is 4.25. The Labute approximate surface area is 245 Å². The van der Waals surface area contributed by atoms with Gasteiger partial charge in [0.2, 0.25) is 24.5 Å². The number of β-lactam (4-membered cyclic amide) rings is 2. The number of fused-ring (bicyclic) bond motifs is 2. The van der Waals surface area contributed by atoms with E-state index in [1.54, 1.807) is 32.0 Å². The van der Waals surface area contributed by atoms with Crippen LogP contribution in [0.3, 0.4) is 0 Å². The van der Waals surface area contributed by atoms with Gasteiger partial charge in [0.15, 0.2) is 15.8 Å². The maximum Gasteiger partial charge on any atom is 0.333 e. The van der Waals surface area contributed by atoms with Crippen LogP contribution in [0.1, 0.15) is 45.6 Å². The van der Waals surface area contributed by atoms with Gasteiger partial charge in [-0.3, -0.25) is 19.2 Å². The molecule has 0 radical (unpaired) electrons. The molecule has 4 saturated heterocycles. The van der Waals surface area contributed by atoms with Crippen LogP contribution in [-0.4, -0.2) is 104 Å². The maximum atomic E-state index is 13.1. The van der Waals surface area contributed by atoms with E-state index in [0.717, 1.165) is 4.90 Å². The Kier molecular flexibility index (Phi) is 7.08. The van der Waals surface area contributed by atoms with Crippen LogP contribution < -0.4 is 5.32 Å². The molecule has 1 aromatic carbocycles. The number of ether oxygens (including phenoxy) is 2. The number of hydrogen-bond acceptors (Lipinski definition) is 11. The van der Waals surface area contributed by atoms with Gasteiger partial charge < -0.3 is 29.7 Å². The Balaban J connectivity index is 1.21. The van der Waals surface area contributed by atoms with E-state index < -0.39 is 96.5 Å². The number of rotatable bonds is 8. The van der Waals surface area contributed by atoms with Crippen LogP contribution >= 0.6 is 11.8 Å². The fourth-order valence-corrected chi connectivity index (χ4v) is 9.67. The highest BCUT2D eigenvalue weighted by molar-refractivity contribution is 8.01. The van der Waals surface area contributed by atoms with E-state index >= 15 is 0 Å². The van der Waals surface area contributed by atoms with Crippen LogP contribution in [0.25, 0.3) is 0 Å². The second-order valence-electron chi connectivity index (χ2n) is 11.5. The molecule has 16 heteroatoms. The first-order valence-corrected chi connectivity index (χ1v) is 15.4. The van der Waals surface area contributed by atoms with E-state index in [-0.39, 0.29) is 12.0 Å². The minimum Gasteiger partial charge on any atom is -0.480 e. The Morgan fingerprint density at radius 3 is 2.19 bits per heavy atom. The van der Waals surface area contributed by atoms with E-state index in [1.807, 2.05) is 0 Å². The number of carbonyl (C=O) groups excluding carboxylic acids is 5. The number of sulfone groups is 1. The zero-order valence-corrected chi connectivity index (χ0v) is 24.6. The SMILES string of the molecule is CC1(C)S[C@@H]2[C@H](NC(=O)C(C(=O)O)c3ccccc3)C(=O)N2[C@H]1C(=O)OCOC(=O)[C@@H]1N2C(=O)C[C@H]2S(=O)(=O)C1(C)C. The van der Waals surface area contributed by atoms with Crippen molar-refractivity contribution in [1.82, 2.24) is 15.1 Å². The lowest BCUT2D eigenvalue weighted by Crippen LogP contribution is -2.71. The first-order valence-electron chi connectivity index (χ1n) is 13.0. The second-order valence-corrected chi connectivity index (χ2v) is 15.9. The third-order valence-electron chi connectivity index (χ3n) is 8.21. The summed E-state index contributed by atoms with van der Waals surface area (Å²) in [6.07, 6.45) is -0.214. The molecule has 4 heterocycles. The smallest absolute Gasteiger partial charge is 0.333 e. The average Bonchev–Trinajstić information content (AvgIpc) is 3.22. The van der Waals surface area contributed by atoms with Gasteiger partial charge in [-0.25, -0.2) is 18.0 Å². The van der Waals surface area contributed by atoms with Gasteiger partial charge >= 0.3 is 17.9 Å². The van der Waals surface area contributed by atoms with E-state index in [2.05, 4.69) is 5.32 Å². The summed E-state index contributed by atoms with van der Waals surface area (Å²) in [6.45, 7) is 5.15. The van der Waals surface area contributed by atoms with Gasteiger partial charge in [-0.15, -0.1) is 11.8 Å². The number of hydrogen-bond donors (Lipinski definition) is 2. The lowest BCUT2D eigenvalue weighted by atomic mass is 9.94. The van der Waals surface area contributed by atoms with Crippen LogP contribution in [0, 0.1) is 0 Å². The van der Waals surface area contributed by atoms with Crippen molar-refractivity contribution in [2.24, 2.45) is 0 Å². The van der Waals surface area contributed by atoms with Crippen molar-refractivity contribution in [3.8, 4) is 0 Å². The minimum atomic E-state index is -3.83. The number of carboxylic acids is 1. The van der Waals surface area contributed by atoms with Gasteiger partial charge in [-0.05, 0) is 33.3 Å². The number of esters is 2. The molecule has 4 aliphatic heterocycles. The highest BCUT2D eigenvalue weighted by Crippen LogP contribution is 2.51. The molecule has 0 bridgehead atoms. The van der Waals surface area contributed by atoms with Crippen molar-refractivity contribution in [2.75, 3.05) is 6.79 Å². The molecule has 0 aliphatic carbocycles. The van der Waals surface area contributed by atoms with Gasteiger partial charge in [0, 0.05) is 4.75 Å². The summed E-state index contributed by atoms with van der Waals surface area (Å²) in [5.74, 6) is -6.84. The first-order chi connectivity index (χ1) is 19.5. The number of carboxylic acid groups (broad SMARTS) is 1. The Morgan fingerprint density at radius 2 is 1.62 bits per heavy atom. The van der Waals surface area contributed by atoms with Crippen LogP contribution in [-0.2, 0) is 48.1 Å². The Morgan fingerprint density at radius 1 is 1.02 bits per heavy atom. The van der Waals surface area contributed by atoms with Crippen molar-refractivity contribution < 1.29 is 51.8 Å². The highest BCUT2D eigenvalue weighted by Gasteiger charge is 2.68. The zero-order valence-electron chi connectivity index (χ0n) is 23.0. The number of aliphatic carboxylic acids is 1. The maximum absolute atomic E-state index is 13.1. The van der Waals surface area contributed by atoms with Crippen molar-refractivity contribution >= 4 is 57.2 Å². The summed E-state index contributed by atoms with van der Waals surface area (Å²) in [5, 5.41) is 10.4. The van der Waals surface area contributed by atoms with Gasteiger partial charge in [-0.1, -0.05) is 30.3 Å². The largest absolute Gasteiger partial charge is 0.480 e. The summed E-state index contributed by atoms with van der Waals surface area (Å²) in [4.78, 5) is 77.9. The molecule has 0 saturated carbocycles. The molecule has 0 aromatic heterocycles. The normalized spacial score (nSPS) is 30.2. The number of amides is 3. The molecule has 4 aliphatic rings. The third-order valence-corrected chi connectivity index (χ3v) is 12.6. The predicted molar refractivity (Wildman–Crippen MR) is 144 cm³/mol. The molecule has 1 unspecified atom stereocenters. The fraction of sp³-hybridized carbons (Fsp3) is 0.538. The summed E-state index contributed by atoms with van der Waals surface area (Å²) >= 11 is 1.22. The molecule has 226 valence electrons. The molecule has 3 amide bonds. The first kappa shape index (κ1) is 29.8. The molecule has 1 aromatic rings. The lowest BCUT2D eigenvalue weighted by Gasteiger charge is -2.44. The van der Waals surface area contributed by atoms with Crippen LogP contribution in [0.15, 0.2) is 30.3 Å². The van der Waals surface area contributed by atoms with Gasteiger partial charge in [0.25, 0.3) is 0 Å². The van der Waals surface area contributed by atoms with Crippen molar-refractivity contribution in [1.29, 1.82) is 0 Å². The monoisotopic (exact) mass is 623 g/mol. The van der Waals surface area contributed by atoms with E-state index in [1.165, 1.54) is 42.6 Å². The summed E-state index contributed by atoms with van der Waals surface area (Å²) in [7, 11) is -3.83. The number of carbonyl (C=O) groups is 6. The molecule has 0 spiro atoms. The number of thioether (sulfide) groups is 1. The molecule has 6 atom stereocenters. The second kappa shape index (κ2) is 9.97. The molecular formula is C26H29N3O11S2.